The maximum absolute atomic E-state index is 11.6. The number of aromatic hydroxyl groups is 2. The van der Waals surface area contributed by atoms with Gasteiger partial charge in [0.1, 0.15) is 11.5 Å². The number of phenolic OH excluding ortho intramolecular Hbond substituents is 2. The predicted octanol–water partition coefficient (Wildman–Crippen LogP) is 13.8. The van der Waals surface area contributed by atoms with Crippen LogP contribution in [0, 0.1) is 0 Å². The van der Waals surface area contributed by atoms with Crippen molar-refractivity contribution in [2.24, 2.45) is 9.98 Å². The molecule has 4 heteroatoms. The Morgan fingerprint density at radius 2 is 0.778 bits per heavy atom. The molecule has 0 aliphatic rings. The highest BCUT2D eigenvalue weighted by atomic mass is 16.3. The maximum atomic E-state index is 11.6. The van der Waals surface area contributed by atoms with Crippen LogP contribution in [0.15, 0.2) is 107 Å². The van der Waals surface area contributed by atoms with Crippen LogP contribution >= 0.6 is 0 Å². The number of fused-ring (bicyclic) bond motifs is 2. The molecule has 6 aromatic carbocycles. The molecule has 4 nitrogen and oxygen atoms in total. The molecule has 0 aliphatic carbocycles. The number of rotatable bonds is 5. The summed E-state index contributed by atoms with van der Waals surface area (Å²) >= 11 is 0. The van der Waals surface area contributed by atoms with Crippen LogP contribution in [0.25, 0.3) is 32.7 Å². The topological polar surface area (TPSA) is 65.2 Å². The second-order valence-electron chi connectivity index (χ2n) is 18.8. The zero-order chi connectivity index (χ0) is 39.4. The summed E-state index contributed by atoms with van der Waals surface area (Å²) in [6.07, 6.45) is 3.62. The lowest BCUT2D eigenvalue weighted by Gasteiger charge is -2.27. The van der Waals surface area contributed by atoms with E-state index in [4.69, 9.17) is 9.98 Å². The second kappa shape index (κ2) is 13.9. The van der Waals surface area contributed by atoms with Gasteiger partial charge in [-0.15, -0.1) is 0 Å². The van der Waals surface area contributed by atoms with Crippen LogP contribution in [-0.2, 0) is 21.7 Å². The van der Waals surface area contributed by atoms with E-state index in [2.05, 4.69) is 180 Å². The Labute approximate surface area is 322 Å². The molecule has 0 saturated carbocycles. The van der Waals surface area contributed by atoms with Crippen molar-refractivity contribution in [1.82, 2.24) is 0 Å². The fourth-order valence-corrected chi connectivity index (χ4v) is 7.06. The average Bonchev–Trinajstić information content (AvgIpc) is 3.08. The SMILES string of the molecule is CC(C)(C)c1cc(C=Nc2ccc3ccccc3c2-c2c(N=Cc3cc(C(C)(C)C)cc(C(C)(C)C)c3O)ccc3ccccc23)c(O)c(C(C)(C)C)c1. The Kier molecular flexibility index (Phi) is 9.90. The summed E-state index contributed by atoms with van der Waals surface area (Å²) in [7, 11) is 0. The zero-order valence-corrected chi connectivity index (χ0v) is 34.2. The molecule has 0 aliphatic heterocycles. The average molecular weight is 717 g/mol. The first-order valence-corrected chi connectivity index (χ1v) is 19.0. The van der Waals surface area contributed by atoms with Gasteiger partial charge >= 0.3 is 0 Å². The third-order valence-electron chi connectivity index (χ3n) is 10.4. The van der Waals surface area contributed by atoms with E-state index in [9.17, 15) is 10.2 Å². The van der Waals surface area contributed by atoms with Crippen LogP contribution in [0.2, 0.25) is 0 Å². The van der Waals surface area contributed by atoms with Crippen LogP contribution in [-0.4, -0.2) is 22.6 Å². The molecular weight excluding hydrogens is 661 g/mol. The van der Waals surface area contributed by atoms with Gasteiger partial charge in [0.25, 0.3) is 0 Å². The quantitative estimate of drug-likeness (QED) is 0.174. The summed E-state index contributed by atoms with van der Waals surface area (Å²) in [5.41, 5.74) is 8.16. The minimum Gasteiger partial charge on any atom is -0.507 e. The molecule has 278 valence electrons. The van der Waals surface area contributed by atoms with Gasteiger partial charge in [-0.3, -0.25) is 9.98 Å². The summed E-state index contributed by atoms with van der Waals surface area (Å²) < 4.78 is 0. The number of benzene rings is 6. The van der Waals surface area contributed by atoms with E-state index in [1.54, 1.807) is 0 Å². The molecule has 0 radical (unpaired) electrons. The van der Waals surface area contributed by atoms with E-state index in [0.717, 1.165) is 66.3 Å². The molecule has 54 heavy (non-hydrogen) atoms. The van der Waals surface area contributed by atoms with E-state index < -0.39 is 0 Å². The van der Waals surface area contributed by atoms with Crippen molar-refractivity contribution >= 4 is 45.3 Å². The van der Waals surface area contributed by atoms with Gasteiger partial charge in [0.05, 0.1) is 11.4 Å². The van der Waals surface area contributed by atoms with Gasteiger partial charge < -0.3 is 10.2 Å². The van der Waals surface area contributed by atoms with Crippen molar-refractivity contribution in [1.29, 1.82) is 0 Å². The molecule has 0 fully saturated rings. The normalized spacial score (nSPS) is 13.2. The lowest BCUT2D eigenvalue weighted by molar-refractivity contribution is 0.443. The maximum Gasteiger partial charge on any atom is 0.128 e. The highest BCUT2D eigenvalue weighted by Gasteiger charge is 2.26. The molecular formula is C50H56N2O2. The van der Waals surface area contributed by atoms with Crippen LogP contribution in [0.4, 0.5) is 11.4 Å². The minimum absolute atomic E-state index is 0.116. The van der Waals surface area contributed by atoms with E-state index >= 15 is 0 Å². The Bertz CT molecular complexity index is 2270. The smallest absolute Gasteiger partial charge is 0.128 e. The summed E-state index contributed by atoms with van der Waals surface area (Å²) in [6.45, 7) is 25.9. The molecule has 6 rings (SSSR count). The summed E-state index contributed by atoms with van der Waals surface area (Å²) in [6, 6.07) is 33.5. The fraction of sp³-hybridized carbons (Fsp3) is 0.320. The first-order valence-electron chi connectivity index (χ1n) is 19.0. The third kappa shape index (κ3) is 7.71. The number of aliphatic imine (C=N–C) groups is 2. The molecule has 0 bridgehead atoms. The predicted molar refractivity (Wildman–Crippen MR) is 232 cm³/mol. The fourth-order valence-electron chi connectivity index (χ4n) is 7.06. The van der Waals surface area contributed by atoms with Gasteiger partial charge in [-0.1, -0.05) is 156 Å². The van der Waals surface area contributed by atoms with Gasteiger partial charge in [-0.25, -0.2) is 0 Å². The van der Waals surface area contributed by atoms with Crippen molar-refractivity contribution in [2.75, 3.05) is 0 Å². The van der Waals surface area contributed by atoms with Crippen LogP contribution in [0.5, 0.6) is 11.5 Å². The van der Waals surface area contributed by atoms with Crippen LogP contribution in [0.3, 0.4) is 0 Å². The summed E-state index contributed by atoms with van der Waals surface area (Å²) in [5, 5.41) is 27.6. The minimum atomic E-state index is -0.258. The van der Waals surface area contributed by atoms with Crippen molar-refractivity contribution in [3.63, 3.8) is 0 Å². The number of hydrogen-bond donors (Lipinski definition) is 2. The lowest BCUT2D eigenvalue weighted by Crippen LogP contribution is -2.17. The zero-order valence-electron chi connectivity index (χ0n) is 34.2. The molecule has 6 aromatic rings. The summed E-state index contributed by atoms with van der Waals surface area (Å²) in [5.74, 6) is 0.507. The number of phenols is 2. The molecule has 0 unspecified atom stereocenters. The first kappa shape index (κ1) is 38.5. The molecule has 0 saturated heterocycles. The van der Waals surface area contributed by atoms with E-state index in [1.165, 1.54) is 0 Å². The van der Waals surface area contributed by atoms with Crippen molar-refractivity contribution in [3.8, 4) is 22.6 Å². The Morgan fingerprint density at radius 1 is 0.426 bits per heavy atom. The molecule has 0 amide bonds. The van der Waals surface area contributed by atoms with Crippen molar-refractivity contribution < 1.29 is 10.2 Å². The Morgan fingerprint density at radius 3 is 1.11 bits per heavy atom. The largest absolute Gasteiger partial charge is 0.507 e. The van der Waals surface area contributed by atoms with Gasteiger partial charge in [0.2, 0.25) is 0 Å². The Hall–Kier alpha value is -5.22. The third-order valence-corrected chi connectivity index (χ3v) is 10.4. The van der Waals surface area contributed by atoms with E-state index in [0.29, 0.717) is 11.1 Å². The molecule has 0 aromatic heterocycles. The van der Waals surface area contributed by atoms with Gasteiger partial charge in [0, 0.05) is 45.8 Å². The van der Waals surface area contributed by atoms with Gasteiger partial charge in [0.15, 0.2) is 0 Å². The van der Waals surface area contributed by atoms with Gasteiger partial charge in [-0.2, -0.15) is 0 Å². The highest BCUT2D eigenvalue weighted by Crippen LogP contribution is 2.46. The van der Waals surface area contributed by atoms with Crippen LogP contribution in [0.1, 0.15) is 116 Å². The standard InChI is InChI=1S/C50H56N2O2/c1-47(2,3)35-25-33(45(53)39(27-35)49(7,8)9)29-51-41-23-21-31-17-13-15-19-37(31)43(41)44-38-20-16-14-18-32(38)22-24-42(44)52-30-34-26-36(48(4,5)6)28-40(46(34)54)50(10,11)12/h13-30,53-54H,1-12H3. The van der Waals surface area contributed by atoms with E-state index in [1.807, 2.05) is 12.4 Å². The lowest BCUT2D eigenvalue weighted by atomic mass is 9.79. The number of nitrogens with zero attached hydrogens (tertiary/aromatic N) is 2. The highest BCUT2D eigenvalue weighted by molar-refractivity contribution is 6.13. The van der Waals surface area contributed by atoms with Gasteiger partial charge in [-0.05, 0) is 78.6 Å². The van der Waals surface area contributed by atoms with Crippen LogP contribution < -0.4 is 0 Å². The number of hydrogen-bond acceptors (Lipinski definition) is 4. The van der Waals surface area contributed by atoms with Crippen molar-refractivity contribution in [3.05, 3.63) is 130 Å². The second-order valence-corrected chi connectivity index (χ2v) is 18.8. The van der Waals surface area contributed by atoms with Crippen molar-refractivity contribution in [2.45, 2.75) is 105 Å². The first-order chi connectivity index (χ1) is 25.1. The van der Waals surface area contributed by atoms with E-state index in [-0.39, 0.29) is 33.2 Å². The molecule has 0 spiro atoms. The molecule has 0 atom stereocenters. The summed E-state index contributed by atoms with van der Waals surface area (Å²) in [4.78, 5) is 10.4. The molecule has 0 heterocycles. The monoisotopic (exact) mass is 716 g/mol. The Balaban J connectivity index is 1.62. The molecule has 2 N–H and O–H groups in total.